The Hall–Kier alpha value is -0.530. The molecule has 0 amide bonds. The van der Waals surface area contributed by atoms with Crippen LogP contribution >= 0.6 is 11.8 Å². The minimum absolute atomic E-state index is 0.438. The van der Waals surface area contributed by atoms with Crippen LogP contribution in [0.15, 0.2) is 30.3 Å². The number of hydrogen-bond acceptors (Lipinski definition) is 1. The molecule has 0 radical (unpaired) electrons. The summed E-state index contributed by atoms with van der Waals surface area (Å²) in [5.41, 5.74) is 1.34. The van der Waals surface area contributed by atoms with E-state index in [2.05, 4.69) is 24.3 Å². The average molecular weight is 182 g/mol. The molecule has 0 aliphatic carbocycles. The summed E-state index contributed by atoms with van der Waals surface area (Å²) >= 11 is 6.05. The molecule has 2 rings (SSSR count). The van der Waals surface area contributed by atoms with E-state index in [0.29, 0.717) is 6.04 Å². The summed E-state index contributed by atoms with van der Waals surface area (Å²) in [7, 11) is 0. The zero-order chi connectivity index (χ0) is 8.39. The van der Waals surface area contributed by atoms with Gasteiger partial charge in [0.25, 0.3) is 0 Å². The summed E-state index contributed by atoms with van der Waals surface area (Å²) in [6.07, 6.45) is 2.40. The number of hydrogen-bond donors (Lipinski definition) is 0. The van der Waals surface area contributed by atoms with E-state index in [9.17, 15) is 0 Å². The molecule has 1 aromatic rings. The first-order valence-corrected chi connectivity index (χ1v) is 4.69. The van der Waals surface area contributed by atoms with Gasteiger partial charge in [0.1, 0.15) is 0 Å². The van der Waals surface area contributed by atoms with Crippen molar-refractivity contribution in [2.24, 2.45) is 0 Å². The second-order valence-electron chi connectivity index (χ2n) is 3.19. The normalized spacial score (nSPS) is 24.6. The second-order valence-corrected chi connectivity index (χ2v) is 3.63. The maximum Gasteiger partial charge on any atom is 0.0501 e. The molecule has 12 heavy (non-hydrogen) atoms. The van der Waals surface area contributed by atoms with Crippen LogP contribution in [0, 0.1) is 0 Å². The maximum absolute atomic E-state index is 6.05. The van der Waals surface area contributed by atoms with E-state index in [1.807, 2.05) is 10.5 Å². The Kier molecular flexibility index (Phi) is 2.33. The van der Waals surface area contributed by atoms with Crippen molar-refractivity contribution in [2.45, 2.75) is 18.9 Å². The number of rotatable bonds is 1. The fraction of sp³-hybridized carbons (Fsp3) is 0.400. The molecule has 1 aliphatic heterocycles. The van der Waals surface area contributed by atoms with Crippen LogP contribution in [0.2, 0.25) is 0 Å². The Balaban J connectivity index is 2.19. The van der Waals surface area contributed by atoms with E-state index in [1.54, 1.807) is 0 Å². The summed E-state index contributed by atoms with van der Waals surface area (Å²) in [5.74, 6) is 0. The molecular weight excluding hydrogens is 170 g/mol. The summed E-state index contributed by atoms with van der Waals surface area (Å²) in [5, 5.41) is 0. The van der Waals surface area contributed by atoms with Crippen LogP contribution in [0.4, 0.5) is 0 Å². The van der Waals surface area contributed by atoms with E-state index in [-0.39, 0.29) is 0 Å². The van der Waals surface area contributed by atoms with Gasteiger partial charge in [-0.25, -0.2) is 4.42 Å². The summed E-state index contributed by atoms with van der Waals surface area (Å²) < 4.78 is 1.91. The molecule has 1 atom stereocenters. The van der Waals surface area contributed by atoms with E-state index >= 15 is 0 Å². The van der Waals surface area contributed by atoms with Crippen molar-refractivity contribution >= 4 is 11.8 Å². The van der Waals surface area contributed by atoms with Gasteiger partial charge in [0.15, 0.2) is 0 Å². The summed E-state index contributed by atoms with van der Waals surface area (Å²) in [4.78, 5) is 0. The highest BCUT2D eigenvalue weighted by Crippen LogP contribution is 2.32. The SMILES string of the molecule is ClN1CCCC1c1ccccc1. The standard InChI is InChI=1S/C10H12ClN/c11-12-8-4-7-10(12)9-5-2-1-3-6-9/h1-3,5-6,10H,4,7-8H2. The lowest BCUT2D eigenvalue weighted by atomic mass is 10.1. The van der Waals surface area contributed by atoms with Crippen molar-refractivity contribution in [1.29, 1.82) is 0 Å². The fourth-order valence-electron chi connectivity index (χ4n) is 1.74. The Morgan fingerprint density at radius 1 is 1.25 bits per heavy atom. The third-order valence-electron chi connectivity index (χ3n) is 2.37. The van der Waals surface area contributed by atoms with E-state index in [1.165, 1.54) is 18.4 Å². The molecule has 64 valence electrons. The van der Waals surface area contributed by atoms with Gasteiger partial charge in [-0.1, -0.05) is 30.3 Å². The topological polar surface area (TPSA) is 3.24 Å². The van der Waals surface area contributed by atoms with Crippen LogP contribution < -0.4 is 0 Å². The minimum atomic E-state index is 0.438. The van der Waals surface area contributed by atoms with Gasteiger partial charge in [-0.05, 0) is 30.2 Å². The number of halogens is 1. The first-order valence-electron chi connectivity index (χ1n) is 4.35. The largest absolute Gasteiger partial charge is 0.213 e. The molecule has 0 bridgehead atoms. The Labute approximate surface area is 78.1 Å². The van der Waals surface area contributed by atoms with Crippen molar-refractivity contribution < 1.29 is 0 Å². The number of benzene rings is 1. The monoisotopic (exact) mass is 181 g/mol. The van der Waals surface area contributed by atoms with E-state index in [4.69, 9.17) is 11.8 Å². The first kappa shape index (κ1) is 8.09. The van der Waals surface area contributed by atoms with Crippen LogP contribution in [0.25, 0.3) is 0 Å². The molecule has 1 saturated heterocycles. The molecule has 0 N–H and O–H groups in total. The summed E-state index contributed by atoms with van der Waals surface area (Å²) in [6.45, 7) is 1.01. The Morgan fingerprint density at radius 2 is 2.00 bits per heavy atom. The molecule has 2 heteroatoms. The van der Waals surface area contributed by atoms with Crippen LogP contribution in [0.5, 0.6) is 0 Å². The minimum Gasteiger partial charge on any atom is -0.213 e. The Morgan fingerprint density at radius 3 is 2.58 bits per heavy atom. The van der Waals surface area contributed by atoms with Gasteiger partial charge in [-0.15, -0.1) is 0 Å². The van der Waals surface area contributed by atoms with E-state index < -0.39 is 0 Å². The molecule has 1 unspecified atom stereocenters. The van der Waals surface area contributed by atoms with Crippen molar-refractivity contribution in [2.75, 3.05) is 6.54 Å². The smallest absolute Gasteiger partial charge is 0.0501 e. The molecule has 0 aromatic heterocycles. The van der Waals surface area contributed by atoms with Crippen LogP contribution in [-0.2, 0) is 0 Å². The maximum atomic E-state index is 6.05. The number of nitrogens with zero attached hydrogens (tertiary/aromatic N) is 1. The predicted octanol–water partition coefficient (Wildman–Crippen LogP) is 2.98. The highest BCUT2D eigenvalue weighted by molar-refractivity contribution is 6.13. The van der Waals surface area contributed by atoms with Crippen molar-refractivity contribution in [3.63, 3.8) is 0 Å². The van der Waals surface area contributed by atoms with Gasteiger partial charge in [0.05, 0.1) is 6.04 Å². The summed E-state index contributed by atoms with van der Waals surface area (Å²) in [6, 6.07) is 10.9. The van der Waals surface area contributed by atoms with Crippen LogP contribution in [0.1, 0.15) is 24.4 Å². The van der Waals surface area contributed by atoms with Gasteiger partial charge >= 0.3 is 0 Å². The third kappa shape index (κ3) is 1.47. The van der Waals surface area contributed by atoms with Gasteiger partial charge in [-0.3, -0.25) is 0 Å². The van der Waals surface area contributed by atoms with Gasteiger partial charge < -0.3 is 0 Å². The third-order valence-corrected chi connectivity index (χ3v) is 2.78. The molecular formula is C10H12ClN. The second kappa shape index (κ2) is 3.46. The quantitative estimate of drug-likeness (QED) is 0.603. The van der Waals surface area contributed by atoms with Crippen molar-refractivity contribution in [1.82, 2.24) is 4.42 Å². The predicted molar refractivity (Wildman–Crippen MR) is 51.0 cm³/mol. The zero-order valence-corrected chi connectivity index (χ0v) is 7.67. The molecule has 1 aliphatic rings. The highest BCUT2D eigenvalue weighted by atomic mass is 35.5. The highest BCUT2D eigenvalue weighted by Gasteiger charge is 2.23. The van der Waals surface area contributed by atoms with Gasteiger partial charge in [0, 0.05) is 6.54 Å². The van der Waals surface area contributed by atoms with Crippen LogP contribution in [-0.4, -0.2) is 11.0 Å². The average Bonchev–Trinajstić information content (AvgIpc) is 2.53. The van der Waals surface area contributed by atoms with Crippen molar-refractivity contribution in [3.05, 3.63) is 35.9 Å². The lowest BCUT2D eigenvalue weighted by molar-refractivity contribution is 0.436. The Bertz CT molecular complexity index is 247. The lowest BCUT2D eigenvalue weighted by Crippen LogP contribution is -2.10. The molecule has 1 heterocycles. The fourth-order valence-corrected chi connectivity index (χ4v) is 2.07. The van der Waals surface area contributed by atoms with Crippen LogP contribution in [0.3, 0.4) is 0 Å². The molecule has 0 saturated carbocycles. The van der Waals surface area contributed by atoms with Gasteiger partial charge in [0.2, 0.25) is 0 Å². The lowest BCUT2D eigenvalue weighted by Gasteiger charge is -2.16. The molecule has 1 aromatic carbocycles. The first-order chi connectivity index (χ1) is 5.88. The van der Waals surface area contributed by atoms with Gasteiger partial charge in [-0.2, -0.15) is 0 Å². The molecule has 1 nitrogen and oxygen atoms in total. The molecule has 0 spiro atoms. The van der Waals surface area contributed by atoms with E-state index in [0.717, 1.165) is 6.54 Å². The zero-order valence-electron chi connectivity index (χ0n) is 6.91. The molecule has 1 fully saturated rings. The van der Waals surface area contributed by atoms with Crippen molar-refractivity contribution in [3.8, 4) is 0 Å².